The molecule has 0 radical (unpaired) electrons. The van der Waals surface area contributed by atoms with Gasteiger partial charge in [-0.1, -0.05) is 119 Å². The zero-order chi connectivity index (χ0) is 71.0. The largest absolute Gasteiger partial charge is 0.508 e. The summed E-state index contributed by atoms with van der Waals surface area (Å²) in [6.45, 7) is 8.09. The third kappa shape index (κ3) is 26.5. The fourth-order valence-corrected chi connectivity index (χ4v) is 11.5. The van der Waals surface area contributed by atoms with Gasteiger partial charge in [0.15, 0.2) is 0 Å². The van der Waals surface area contributed by atoms with Gasteiger partial charge in [0, 0.05) is 25.8 Å². The van der Waals surface area contributed by atoms with E-state index in [1.165, 1.54) is 29.2 Å². The van der Waals surface area contributed by atoms with E-state index in [9.17, 15) is 58.5 Å². The van der Waals surface area contributed by atoms with Crippen molar-refractivity contribution in [2.24, 2.45) is 34.8 Å². The lowest BCUT2D eigenvalue weighted by molar-refractivity contribution is -0.143. The SMILES string of the molecule is CCC(C)C(NC(=O)C(Cc1ccc(O)cc1)NC(=O)C1CCCN1C(=O)C(CCCCN)NC(=O)C(CCCCN)NC(=O)C(Cc1ccccc1)NC(=O)C(Cc1ccccc1)NC(=O)[C@@H](CCCCN)NC(=O)C(N)Cc1ccc(O)cc1)C(=O)NC(CC(C)C)C(=O)O. The maximum absolute atomic E-state index is 15.0. The molecule has 1 saturated heterocycles. The van der Waals surface area contributed by atoms with Crippen molar-refractivity contribution in [2.75, 3.05) is 26.2 Å². The predicted octanol–water partition coefficient (Wildman–Crippen LogP) is 2.13. The summed E-state index contributed by atoms with van der Waals surface area (Å²) in [4.78, 5) is 144. The van der Waals surface area contributed by atoms with Gasteiger partial charge < -0.3 is 85.7 Å². The Morgan fingerprint density at radius 1 is 0.464 bits per heavy atom. The molecule has 1 heterocycles. The highest BCUT2D eigenvalue weighted by Crippen LogP contribution is 2.23. The van der Waals surface area contributed by atoms with Crippen molar-refractivity contribution >= 4 is 59.1 Å². The Hall–Kier alpha value is -8.98. The van der Waals surface area contributed by atoms with Gasteiger partial charge in [-0.25, -0.2) is 4.79 Å². The first-order valence-electron chi connectivity index (χ1n) is 33.9. The fraction of sp³-hybridized carbons (Fsp3) is 0.521. The first-order valence-corrected chi connectivity index (χ1v) is 33.9. The number of hydrogen-bond donors (Lipinski definition) is 15. The average Bonchev–Trinajstić information content (AvgIpc) is 1.76. The Morgan fingerprint density at radius 3 is 1.29 bits per heavy atom. The second-order valence-electron chi connectivity index (χ2n) is 25.5. The minimum absolute atomic E-state index is 0.0395. The highest BCUT2D eigenvalue weighted by Gasteiger charge is 2.41. The number of likely N-dealkylation sites (tertiary alicyclic amines) is 1. The first kappa shape index (κ1) is 78.7. The van der Waals surface area contributed by atoms with E-state index in [0.717, 1.165) is 0 Å². The van der Waals surface area contributed by atoms with E-state index < -0.39 is 125 Å². The molecule has 0 saturated carbocycles. The standard InChI is InChI=1S/C71H103N13O13/c1-5-45(4)61(69(94)82-59(71(96)97)39-44(2)3)83-67(92)58(43-49-29-33-51(86)34-30-49)81-68(93)60-26-18-38-84(60)70(95)55(25-14-17-37-74)78-63(88)54(24-13-16-36-73)77-65(90)56(41-46-19-8-6-9-20-46)80-66(91)57(42-47-21-10-7-11-22-47)79-64(89)53(23-12-15-35-72)76-62(87)52(75)40-48-27-31-50(85)32-28-48/h6-11,19-22,27-34,44-45,52-61,85-86H,5,12-18,23-26,35-43,72-75H2,1-4H3,(H,76,87)(H,77,90)(H,78,88)(H,79,89)(H,80,91)(H,81,93)(H,82,94)(H,83,92)(H,96,97)/t45?,52?,53-,54?,55?,56?,57?,58?,59?,60?,61?/m1/s1. The van der Waals surface area contributed by atoms with E-state index >= 15 is 4.79 Å². The summed E-state index contributed by atoms with van der Waals surface area (Å²) < 4.78 is 0. The van der Waals surface area contributed by atoms with Crippen molar-refractivity contribution in [2.45, 2.75) is 197 Å². The number of unbranched alkanes of at least 4 members (excludes halogenated alkanes) is 3. The Bertz CT molecular complexity index is 3160. The van der Waals surface area contributed by atoms with Crippen LogP contribution in [0.5, 0.6) is 11.5 Å². The summed E-state index contributed by atoms with van der Waals surface area (Å²) in [6.07, 6.45) is 3.80. The molecule has 4 aromatic carbocycles. The van der Waals surface area contributed by atoms with Gasteiger partial charge in [-0.05, 0) is 161 Å². The molecule has 1 fully saturated rings. The molecule has 9 amide bonds. The number of carbonyl (C=O) groups excluding carboxylic acids is 9. The molecule has 1 aliphatic heterocycles. The summed E-state index contributed by atoms with van der Waals surface area (Å²) in [5.41, 5.74) is 26.5. The molecular formula is C71H103N13O13. The average molecular weight is 1350 g/mol. The van der Waals surface area contributed by atoms with Crippen LogP contribution in [0.25, 0.3) is 0 Å². The Labute approximate surface area is 568 Å². The molecule has 11 atom stereocenters. The van der Waals surface area contributed by atoms with Crippen LogP contribution in [-0.4, -0.2) is 166 Å². The van der Waals surface area contributed by atoms with Crippen molar-refractivity contribution in [3.05, 3.63) is 131 Å². The summed E-state index contributed by atoms with van der Waals surface area (Å²) in [7, 11) is 0. The lowest BCUT2D eigenvalue weighted by Crippen LogP contribution is -2.61. The van der Waals surface area contributed by atoms with Gasteiger partial charge >= 0.3 is 5.97 Å². The number of aliphatic carboxylic acids is 1. The summed E-state index contributed by atoms with van der Waals surface area (Å²) in [5, 5.41) is 52.2. The smallest absolute Gasteiger partial charge is 0.326 e. The van der Waals surface area contributed by atoms with E-state index in [-0.39, 0.29) is 94.8 Å². The molecule has 5 rings (SSSR count). The molecule has 0 bridgehead atoms. The minimum Gasteiger partial charge on any atom is -0.508 e. The normalized spacial score (nSPS) is 15.9. The summed E-state index contributed by atoms with van der Waals surface area (Å²) >= 11 is 0. The predicted molar refractivity (Wildman–Crippen MR) is 367 cm³/mol. The number of phenols is 2. The second-order valence-corrected chi connectivity index (χ2v) is 25.5. The van der Waals surface area contributed by atoms with Gasteiger partial charge in [0.25, 0.3) is 0 Å². The summed E-state index contributed by atoms with van der Waals surface area (Å²) in [5.74, 6) is -8.22. The van der Waals surface area contributed by atoms with Gasteiger partial charge in [0.05, 0.1) is 6.04 Å². The highest BCUT2D eigenvalue weighted by molar-refractivity contribution is 5.99. The zero-order valence-corrected chi connectivity index (χ0v) is 56.4. The molecule has 97 heavy (non-hydrogen) atoms. The molecule has 0 aliphatic carbocycles. The number of benzene rings is 4. The molecule has 4 aromatic rings. The molecule has 530 valence electrons. The number of aromatic hydroxyl groups is 2. The number of carboxylic acid groups (broad SMARTS) is 1. The van der Waals surface area contributed by atoms with Gasteiger partial charge in [-0.2, -0.15) is 0 Å². The van der Waals surface area contributed by atoms with E-state index in [0.29, 0.717) is 80.2 Å². The fourth-order valence-electron chi connectivity index (χ4n) is 11.5. The maximum atomic E-state index is 15.0. The zero-order valence-electron chi connectivity index (χ0n) is 56.4. The van der Waals surface area contributed by atoms with Crippen LogP contribution in [0.15, 0.2) is 109 Å². The molecule has 0 spiro atoms. The number of nitrogens with one attached hydrogen (secondary N) is 8. The number of hydrogen-bond acceptors (Lipinski definition) is 16. The van der Waals surface area contributed by atoms with Crippen LogP contribution in [0.3, 0.4) is 0 Å². The maximum Gasteiger partial charge on any atom is 0.326 e. The van der Waals surface area contributed by atoms with Crippen molar-refractivity contribution in [3.8, 4) is 11.5 Å². The molecule has 19 N–H and O–H groups in total. The monoisotopic (exact) mass is 1350 g/mol. The van der Waals surface area contributed by atoms with Crippen molar-refractivity contribution in [3.63, 3.8) is 0 Å². The number of nitrogens with two attached hydrogens (primary N) is 4. The van der Waals surface area contributed by atoms with Crippen LogP contribution in [0.1, 0.15) is 133 Å². The number of rotatable bonds is 42. The third-order valence-electron chi connectivity index (χ3n) is 17.2. The van der Waals surface area contributed by atoms with Crippen LogP contribution in [0.4, 0.5) is 0 Å². The molecule has 10 unspecified atom stereocenters. The molecular weight excluding hydrogens is 1240 g/mol. The Morgan fingerprint density at radius 2 is 0.845 bits per heavy atom. The minimum atomic E-state index is -1.37. The van der Waals surface area contributed by atoms with Gasteiger partial charge in [0.1, 0.15) is 65.9 Å². The lowest BCUT2D eigenvalue weighted by atomic mass is 9.96. The lowest BCUT2D eigenvalue weighted by Gasteiger charge is -2.32. The van der Waals surface area contributed by atoms with Crippen molar-refractivity contribution in [1.82, 2.24) is 47.4 Å². The number of carboxylic acids is 1. The highest BCUT2D eigenvalue weighted by atomic mass is 16.4. The summed E-state index contributed by atoms with van der Waals surface area (Å²) in [6, 6.07) is 17.4. The third-order valence-corrected chi connectivity index (χ3v) is 17.2. The Balaban J connectivity index is 1.41. The van der Waals surface area contributed by atoms with Crippen LogP contribution in [0.2, 0.25) is 0 Å². The van der Waals surface area contributed by atoms with E-state index in [1.807, 2.05) is 13.8 Å². The Kier molecular flexibility index (Phi) is 33.4. The van der Waals surface area contributed by atoms with E-state index in [4.69, 9.17) is 22.9 Å². The molecule has 0 aromatic heterocycles. The van der Waals surface area contributed by atoms with Crippen LogP contribution < -0.4 is 65.5 Å². The van der Waals surface area contributed by atoms with Crippen LogP contribution >= 0.6 is 0 Å². The van der Waals surface area contributed by atoms with Crippen LogP contribution in [-0.2, 0) is 73.6 Å². The molecule has 26 heteroatoms. The molecule has 1 aliphatic rings. The van der Waals surface area contributed by atoms with E-state index in [2.05, 4.69) is 42.5 Å². The first-order chi connectivity index (χ1) is 46.4. The number of phenolic OH excluding ortho intramolecular Hbond substituents is 2. The van der Waals surface area contributed by atoms with Crippen LogP contribution in [0, 0.1) is 11.8 Å². The van der Waals surface area contributed by atoms with Crippen molar-refractivity contribution in [1.29, 1.82) is 0 Å². The second kappa shape index (κ2) is 41.2. The number of carbonyl (C=O) groups is 10. The topological polar surface area (TPSA) is 435 Å². The number of amides is 9. The number of nitrogens with zero attached hydrogens (tertiary/aromatic N) is 1. The van der Waals surface area contributed by atoms with Gasteiger partial charge in [-0.15, -0.1) is 0 Å². The quantitative estimate of drug-likeness (QED) is 0.0283. The van der Waals surface area contributed by atoms with E-state index in [1.54, 1.807) is 98.8 Å². The van der Waals surface area contributed by atoms with Gasteiger partial charge in [0.2, 0.25) is 53.2 Å². The van der Waals surface area contributed by atoms with Crippen molar-refractivity contribution < 1.29 is 63.3 Å². The molecule has 26 nitrogen and oxygen atoms in total. The van der Waals surface area contributed by atoms with Gasteiger partial charge in [-0.3, -0.25) is 43.2 Å².